The highest BCUT2D eigenvalue weighted by atomic mass is 35.5. The minimum atomic E-state index is -0.377. The zero-order chi connectivity index (χ0) is 6.74. The molecule has 0 spiro atoms. The molecule has 0 bridgehead atoms. The molecule has 3 heteroatoms. The Bertz CT molecular complexity index is 89.1. The third-order valence-electron chi connectivity index (χ3n) is 1.67. The number of aliphatic hydroxyl groups is 1. The van der Waals surface area contributed by atoms with Crippen molar-refractivity contribution in [3.05, 3.63) is 0 Å². The molecule has 0 radical (unpaired) electrons. The van der Waals surface area contributed by atoms with Crippen LogP contribution in [0.2, 0.25) is 0 Å². The highest BCUT2D eigenvalue weighted by molar-refractivity contribution is 6.24. The van der Waals surface area contributed by atoms with Gasteiger partial charge in [0, 0.05) is 13.2 Å². The molecular weight excluding hydrogens is 140 g/mol. The molecule has 0 unspecified atom stereocenters. The van der Waals surface area contributed by atoms with Crippen LogP contribution in [0.1, 0.15) is 12.8 Å². The zero-order valence-corrected chi connectivity index (χ0v) is 6.02. The summed E-state index contributed by atoms with van der Waals surface area (Å²) in [5.74, 6) is 0. The van der Waals surface area contributed by atoms with Crippen molar-refractivity contribution in [1.82, 2.24) is 0 Å². The number of hydrogen-bond acceptors (Lipinski definition) is 2. The molecule has 0 amide bonds. The zero-order valence-electron chi connectivity index (χ0n) is 5.27. The SMILES string of the molecule is OCC1(Cl)CCOCC1. The Morgan fingerprint density at radius 3 is 2.33 bits per heavy atom. The molecule has 1 N–H and O–H groups in total. The molecule has 0 aromatic rings. The van der Waals surface area contributed by atoms with E-state index in [-0.39, 0.29) is 11.5 Å². The van der Waals surface area contributed by atoms with E-state index in [9.17, 15) is 0 Å². The molecule has 1 aliphatic heterocycles. The number of rotatable bonds is 1. The highest BCUT2D eigenvalue weighted by Gasteiger charge is 2.28. The van der Waals surface area contributed by atoms with Crippen molar-refractivity contribution < 1.29 is 9.84 Å². The van der Waals surface area contributed by atoms with Crippen LogP contribution in [-0.2, 0) is 4.74 Å². The van der Waals surface area contributed by atoms with Crippen LogP contribution < -0.4 is 0 Å². The number of hydrogen-bond donors (Lipinski definition) is 1. The second-order valence-corrected chi connectivity index (χ2v) is 3.22. The first-order valence-corrected chi connectivity index (χ1v) is 3.52. The second kappa shape index (κ2) is 2.86. The third kappa shape index (κ3) is 1.81. The van der Waals surface area contributed by atoms with Crippen LogP contribution in [0.4, 0.5) is 0 Å². The van der Waals surface area contributed by atoms with Crippen LogP contribution in [0.25, 0.3) is 0 Å². The number of ether oxygens (including phenoxy) is 1. The van der Waals surface area contributed by atoms with E-state index < -0.39 is 0 Å². The van der Waals surface area contributed by atoms with Crippen molar-refractivity contribution in [1.29, 1.82) is 0 Å². The van der Waals surface area contributed by atoms with Gasteiger partial charge in [0.1, 0.15) is 0 Å². The molecule has 9 heavy (non-hydrogen) atoms. The van der Waals surface area contributed by atoms with Gasteiger partial charge in [0.25, 0.3) is 0 Å². The molecule has 0 atom stereocenters. The maximum absolute atomic E-state index is 8.76. The summed E-state index contributed by atoms with van der Waals surface area (Å²) in [4.78, 5) is -0.377. The fourth-order valence-corrected chi connectivity index (χ4v) is 1.05. The lowest BCUT2D eigenvalue weighted by Gasteiger charge is -2.28. The number of halogens is 1. The summed E-state index contributed by atoms with van der Waals surface area (Å²) in [5, 5.41) is 8.76. The van der Waals surface area contributed by atoms with E-state index in [1.54, 1.807) is 0 Å². The molecule has 2 nitrogen and oxygen atoms in total. The first-order chi connectivity index (χ1) is 4.27. The predicted octanol–water partition coefficient (Wildman–Crippen LogP) is 0.767. The van der Waals surface area contributed by atoms with Crippen molar-refractivity contribution in [2.75, 3.05) is 19.8 Å². The third-order valence-corrected chi connectivity index (χ3v) is 2.17. The van der Waals surface area contributed by atoms with E-state index in [1.165, 1.54) is 0 Å². The van der Waals surface area contributed by atoms with E-state index in [1.807, 2.05) is 0 Å². The van der Waals surface area contributed by atoms with Crippen LogP contribution in [0, 0.1) is 0 Å². The minimum absolute atomic E-state index is 0.0674. The number of alkyl halides is 1. The predicted molar refractivity (Wildman–Crippen MR) is 35.7 cm³/mol. The van der Waals surface area contributed by atoms with Gasteiger partial charge in [0.2, 0.25) is 0 Å². The number of aliphatic hydroxyl groups excluding tert-OH is 1. The summed E-state index contributed by atoms with van der Waals surface area (Å²) >= 11 is 5.93. The van der Waals surface area contributed by atoms with Gasteiger partial charge >= 0.3 is 0 Å². The molecule has 54 valence electrons. The Morgan fingerprint density at radius 2 is 2.00 bits per heavy atom. The second-order valence-electron chi connectivity index (χ2n) is 2.42. The largest absolute Gasteiger partial charge is 0.395 e. The molecular formula is C6H11ClO2. The Labute approximate surface area is 59.8 Å². The summed E-state index contributed by atoms with van der Waals surface area (Å²) in [6.45, 7) is 1.44. The fraction of sp³-hybridized carbons (Fsp3) is 1.00. The lowest BCUT2D eigenvalue weighted by atomic mass is 10.0. The normalized spacial score (nSPS) is 26.0. The van der Waals surface area contributed by atoms with Gasteiger partial charge in [-0.25, -0.2) is 0 Å². The Morgan fingerprint density at radius 1 is 1.44 bits per heavy atom. The summed E-state index contributed by atoms with van der Waals surface area (Å²) in [7, 11) is 0. The summed E-state index contributed by atoms with van der Waals surface area (Å²) in [6, 6.07) is 0. The van der Waals surface area contributed by atoms with Crippen molar-refractivity contribution in [3.8, 4) is 0 Å². The first-order valence-electron chi connectivity index (χ1n) is 3.14. The summed E-state index contributed by atoms with van der Waals surface area (Å²) in [5.41, 5.74) is 0. The molecule has 0 saturated carbocycles. The van der Waals surface area contributed by atoms with Gasteiger partial charge < -0.3 is 9.84 Å². The molecule has 1 saturated heterocycles. The van der Waals surface area contributed by atoms with Crippen molar-refractivity contribution in [3.63, 3.8) is 0 Å². The van der Waals surface area contributed by atoms with Crippen molar-refractivity contribution >= 4 is 11.6 Å². The topological polar surface area (TPSA) is 29.5 Å². The van der Waals surface area contributed by atoms with E-state index in [2.05, 4.69) is 0 Å². The molecule has 0 aliphatic carbocycles. The monoisotopic (exact) mass is 150 g/mol. The van der Waals surface area contributed by atoms with Crippen LogP contribution in [0.3, 0.4) is 0 Å². The summed E-state index contributed by atoms with van der Waals surface area (Å²) in [6.07, 6.45) is 1.54. The smallest absolute Gasteiger partial charge is 0.0720 e. The van der Waals surface area contributed by atoms with Gasteiger partial charge in [0.15, 0.2) is 0 Å². The molecule has 1 fully saturated rings. The Balaban J connectivity index is 2.37. The van der Waals surface area contributed by atoms with Crippen molar-refractivity contribution in [2.24, 2.45) is 0 Å². The molecule has 1 aliphatic rings. The first kappa shape index (κ1) is 7.32. The van der Waals surface area contributed by atoms with Crippen LogP contribution >= 0.6 is 11.6 Å². The fourth-order valence-electron chi connectivity index (χ4n) is 0.895. The van der Waals surface area contributed by atoms with E-state index in [4.69, 9.17) is 21.4 Å². The average Bonchev–Trinajstić information content (AvgIpc) is 1.90. The molecule has 1 heterocycles. The van der Waals surface area contributed by atoms with Gasteiger partial charge in [-0.3, -0.25) is 0 Å². The Kier molecular flexibility index (Phi) is 2.33. The standard InChI is InChI=1S/C6H11ClO2/c7-6(5-8)1-3-9-4-2-6/h8H,1-5H2. The quantitative estimate of drug-likeness (QED) is 0.560. The van der Waals surface area contributed by atoms with Gasteiger partial charge in [-0.2, -0.15) is 0 Å². The van der Waals surface area contributed by atoms with E-state index in [0.29, 0.717) is 13.2 Å². The maximum atomic E-state index is 8.76. The minimum Gasteiger partial charge on any atom is -0.395 e. The summed E-state index contributed by atoms with van der Waals surface area (Å²) < 4.78 is 5.07. The van der Waals surface area contributed by atoms with Gasteiger partial charge in [-0.1, -0.05) is 0 Å². The maximum Gasteiger partial charge on any atom is 0.0720 e. The van der Waals surface area contributed by atoms with Crippen molar-refractivity contribution in [2.45, 2.75) is 17.7 Å². The van der Waals surface area contributed by atoms with Gasteiger partial charge in [0.05, 0.1) is 11.5 Å². The lowest BCUT2D eigenvalue weighted by Crippen LogP contribution is -2.33. The van der Waals surface area contributed by atoms with E-state index >= 15 is 0 Å². The van der Waals surface area contributed by atoms with Crippen LogP contribution in [-0.4, -0.2) is 29.8 Å². The van der Waals surface area contributed by atoms with Gasteiger partial charge in [-0.05, 0) is 12.8 Å². The van der Waals surface area contributed by atoms with Gasteiger partial charge in [-0.15, -0.1) is 11.6 Å². The average molecular weight is 151 g/mol. The molecule has 0 aromatic carbocycles. The van der Waals surface area contributed by atoms with E-state index in [0.717, 1.165) is 12.8 Å². The molecule has 1 rings (SSSR count). The van der Waals surface area contributed by atoms with Crippen LogP contribution in [0.5, 0.6) is 0 Å². The lowest BCUT2D eigenvalue weighted by molar-refractivity contribution is 0.0568. The Hall–Kier alpha value is 0.210. The van der Waals surface area contributed by atoms with Crippen LogP contribution in [0.15, 0.2) is 0 Å². The highest BCUT2D eigenvalue weighted by Crippen LogP contribution is 2.26. The molecule has 0 aromatic heterocycles.